The summed E-state index contributed by atoms with van der Waals surface area (Å²) in [5.74, 6) is 0. The lowest BCUT2D eigenvalue weighted by Crippen LogP contribution is -2.33. The fraction of sp³-hybridized carbons (Fsp3) is 0.538. The molecule has 0 amide bonds. The summed E-state index contributed by atoms with van der Waals surface area (Å²) in [6.45, 7) is 3.67. The summed E-state index contributed by atoms with van der Waals surface area (Å²) >= 11 is 3.49. The van der Waals surface area contributed by atoms with Crippen molar-refractivity contribution < 1.29 is 9.84 Å². The molecule has 4 heteroatoms. The van der Waals surface area contributed by atoms with Gasteiger partial charge in [0.1, 0.15) is 0 Å². The summed E-state index contributed by atoms with van der Waals surface area (Å²) < 4.78 is 6.24. The molecular weight excluding hydrogens is 282 g/mol. The number of halogens is 1. The van der Waals surface area contributed by atoms with Crippen LogP contribution in [0.3, 0.4) is 0 Å². The fourth-order valence-electron chi connectivity index (χ4n) is 1.68. The Bertz CT molecular complexity index is 338. The minimum absolute atomic E-state index is 0.181. The van der Waals surface area contributed by atoms with Gasteiger partial charge in [-0.1, -0.05) is 28.1 Å². The standard InChI is InChI=1S/C13H20BrNO2/c1-10-7-11(3-4-13(10)14)8-15-12(5-6-16)9-17-2/h3-4,7,12,15-16H,5-6,8-9H2,1-2H3. The number of methoxy groups -OCH3 is 1. The Balaban J connectivity index is 2.49. The second-order valence-corrected chi connectivity index (χ2v) is 4.98. The Kier molecular flexibility index (Phi) is 6.73. The van der Waals surface area contributed by atoms with E-state index in [1.165, 1.54) is 11.1 Å². The topological polar surface area (TPSA) is 41.5 Å². The van der Waals surface area contributed by atoms with Gasteiger partial charge in [-0.2, -0.15) is 0 Å². The van der Waals surface area contributed by atoms with Crippen molar-refractivity contribution in [3.63, 3.8) is 0 Å². The summed E-state index contributed by atoms with van der Waals surface area (Å²) in [4.78, 5) is 0. The third kappa shape index (κ3) is 5.17. The fourth-order valence-corrected chi connectivity index (χ4v) is 1.93. The Morgan fingerprint density at radius 3 is 2.82 bits per heavy atom. The number of nitrogens with one attached hydrogen (secondary N) is 1. The molecule has 1 unspecified atom stereocenters. The van der Waals surface area contributed by atoms with Gasteiger partial charge in [0.25, 0.3) is 0 Å². The molecule has 1 atom stereocenters. The van der Waals surface area contributed by atoms with Gasteiger partial charge in [-0.05, 0) is 30.5 Å². The molecule has 0 aliphatic heterocycles. The molecule has 0 saturated heterocycles. The first-order valence-electron chi connectivity index (χ1n) is 5.75. The molecule has 0 aliphatic rings. The van der Waals surface area contributed by atoms with Crippen molar-refractivity contribution in [1.29, 1.82) is 0 Å². The molecule has 0 aromatic heterocycles. The van der Waals surface area contributed by atoms with Crippen LogP contribution in [0.1, 0.15) is 17.5 Å². The van der Waals surface area contributed by atoms with Crippen LogP contribution in [0.4, 0.5) is 0 Å². The Labute approximate surface area is 111 Å². The number of ether oxygens (including phenoxy) is 1. The van der Waals surface area contributed by atoms with Crippen LogP contribution in [0, 0.1) is 6.92 Å². The maximum Gasteiger partial charge on any atom is 0.0616 e. The molecular formula is C13H20BrNO2. The van der Waals surface area contributed by atoms with Crippen molar-refractivity contribution in [3.05, 3.63) is 33.8 Å². The van der Waals surface area contributed by atoms with E-state index in [1.807, 2.05) is 0 Å². The number of aliphatic hydroxyl groups is 1. The van der Waals surface area contributed by atoms with E-state index in [2.05, 4.69) is 46.4 Å². The minimum Gasteiger partial charge on any atom is -0.396 e. The molecule has 1 aromatic carbocycles. The van der Waals surface area contributed by atoms with Crippen LogP contribution in [0.2, 0.25) is 0 Å². The average molecular weight is 302 g/mol. The molecule has 0 radical (unpaired) electrons. The van der Waals surface area contributed by atoms with E-state index >= 15 is 0 Å². The van der Waals surface area contributed by atoms with Gasteiger partial charge < -0.3 is 15.2 Å². The van der Waals surface area contributed by atoms with Crippen LogP contribution >= 0.6 is 15.9 Å². The van der Waals surface area contributed by atoms with Crippen molar-refractivity contribution in [2.75, 3.05) is 20.3 Å². The maximum absolute atomic E-state index is 8.94. The molecule has 0 heterocycles. The molecule has 0 saturated carbocycles. The van der Waals surface area contributed by atoms with Crippen LogP contribution in [0.25, 0.3) is 0 Å². The van der Waals surface area contributed by atoms with Gasteiger partial charge in [0, 0.05) is 30.8 Å². The van der Waals surface area contributed by atoms with Gasteiger partial charge in [0.15, 0.2) is 0 Å². The first-order valence-corrected chi connectivity index (χ1v) is 6.55. The Morgan fingerprint density at radius 1 is 1.47 bits per heavy atom. The largest absolute Gasteiger partial charge is 0.396 e. The zero-order chi connectivity index (χ0) is 12.7. The van der Waals surface area contributed by atoms with E-state index in [-0.39, 0.29) is 12.6 Å². The molecule has 0 bridgehead atoms. The van der Waals surface area contributed by atoms with E-state index in [1.54, 1.807) is 7.11 Å². The van der Waals surface area contributed by atoms with Crippen LogP contribution < -0.4 is 5.32 Å². The Morgan fingerprint density at radius 2 is 2.24 bits per heavy atom. The molecule has 17 heavy (non-hydrogen) atoms. The number of rotatable bonds is 7. The quantitative estimate of drug-likeness (QED) is 0.812. The predicted octanol–water partition coefficient (Wildman–Crippen LogP) is 2.24. The van der Waals surface area contributed by atoms with Gasteiger partial charge in [-0.3, -0.25) is 0 Å². The third-order valence-corrected chi connectivity index (χ3v) is 3.55. The molecule has 96 valence electrons. The van der Waals surface area contributed by atoms with Crippen molar-refractivity contribution in [3.8, 4) is 0 Å². The predicted molar refractivity (Wildman–Crippen MR) is 73.1 cm³/mol. The van der Waals surface area contributed by atoms with Gasteiger partial charge >= 0.3 is 0 Å². The second kappa shape index (κ2) is 7.82. The highest BCUT2D eigenvalue weighted by molar-refractivity contribution is 9.10. The van der Waals surface area contributed by atoms with Crippen molar-refractivity contribution in [1.82, 2.24) is 5.32 Å². The van der Waals surface area contributed by atoms with Gasteiger partial charge in [0.05, 0.1) is 6.61 Å². The minimum atomic E-state index is 0.181. The molecule has 0 spiro atoms. The molecule has 1 rings (SSSR count). The van der Waals surface area contributed by atoms with Crippen LogP contribution in [0.15, 0.2) is 22.7 Å². The summed E-state index contributed by atoms with van der Waals surface area (Å²) in [5.41, 5.74) is 2.47. The van der Waals surface area contributed by atoms with Crippen molar-refractivity contribution in [2.24, 2.45) is 0 Å². The van der Waals surface area contributed by atoms with Gasteiger partial charge in [-0.15, -0.1) is 0 Å². The van der Waals surface area contributed by atoms with E-state index in [0.29, 0.717) is 13.0 Å². The number of hydrogen-bond acceptors (Lipinski definition) is 3. The van der Waals surface area contributed by atoms with Crippen LogP contribution in [0.5, 0.6) is 0 Å². The first kappa shape index (κ1) is 14.6. The first-order chi connectivity index (χ1) is 8.17. The third-order valence-electron chi connectivity index (χ3n) is 2.66. The number of aryl methyl sites for hydroxylation is 1. The van der Waals surface area contributed by atoms with E-state index in [4.69, 9.17) is 9.84 Å². The Hall–Kier alpha value is -0.420. The van der Waals surface area contributed by atoms with Crippen LogP contribution in [-0.4, -0.2) is 31.5 Å². The lowest BCUT2D eigenvalue weighted by Gasteiger charge is -2.17. The molecule has 3 nitrogen and oxygen atoms in total. The number of aliphatic hydroxyl groups excluding tert-OH is 1. The van der Waals surface area contributed by atoms with Crippen LogP contribution in [-0.2, 0) is 11.3 Å². The number of benzene rings is 1. The molecule has 1 aromatic rings. The molecule has 0 aliphatic carbocycles. The highest BCUT2D eigenvalue weighted by atomic mass is 79.9. The van der Waals surface area contributed by atoms with Gasteiger partial charge in [0.2, 0.25) is 0 Å². The smallest absolute Gasteiger partial charge is 0.0616 e. The van der Waals surface area contributed by atoms with Gasteiger partial charge in [-0.25, -0.2) is 0 Å². The van der Waals surface area contributed by atoms with Crippen molar-refractivity contribution in [2.45, 2.75) is 25.9 Å². The van der Waals surface area contributed by atoms with E-state index < -0.39 is 0 Å². The number of hydrogen-bond donors (Lipinski definition) is 2. The molecule has 0 fully saturated rings. The summed E-state index contributed by atoms with van der Waals surface area (Å²) in [6, 6.07) is 6.50. The van der Waals surface area contributed by atoms with Crippen molar-refractivity contribution >= 4 is 15.9 Å². The maximum atomic E-state index is 8.94. The summed E-state index contributed by atoms with van der Waals surface area (Å²) in [5, 5.41) is 12.3. The zero-order valence-electron chi connectivity index (χ0n) is 10.4. The highest BCUT2D eigenvalue weighted by Crippen LogP contribution is 2.17. The monoisotopic (exact) mass is 301 g/mol. The highest BCUT2D eigenvalue weighted by Gasteiger charge is 2.07. The second-order valence-electron chi connectivity index (χ2n) is 4.13. The lowest BCUT2D eigenvalue weighted by molar-refractivity contribution is 0.148. The average Bonchev–Trinajstić information content (AvgIpc) is 2.31. The molecule has 2 N–H and O–H groups in total. The van der Waals surface area contributed by atoms with E-state index in [0.717, 1.165) is 11.0 Å². The zero-order valence-corrected chi connectivity index (χ0v) is 12.0. The van der Waals surface area contributed by atoms with E-state index in [9.17, 15) is 0 Å². The SMILES string of the molecule is COCC(CCO)NCc1ccc(Br)c(C)c1. The lowest BCUT2D eigenvalue weighted by atomic mass is 10.1. The summed E-state index contributed by atoms with van der Waals surface area (Å²) in [7, 11) is 1.68. The summed E-state index contributed by atoms with van der Waals surface area (Å²) in [6.07, 6.45) is 0.712. The normalized spacial score (nSPS) is 12.7.